The molecule has 0 spiro atoms. The third kappa shape index (κ3) is 3.75. The summed E-state index contributed by atoms with van der Waals surface area (Å²) in [6, 6.07) is 6.28. The van der Waals surface area contributed by atoms with E-state index in [2.05, 4.69) is 21.2 Å². The van der Waals surface area contributed by atoms with Crippen molar-refractivity contribution in [1.82, 2.24) is 5.32 Å². The summed E-state index contributed by atoms with van der Waals surface area (Å²) < 4.78 is 28.8. The van der Waals surface area contributed by atoms with E-state index in [1.54, 1.807) is 0 Å². The average Bonchev–Trinajstić information content (AvgIpc) is 2.43. The van der Waals surface area contributed by atoms with Crippen LogP contribution in [-0.2, 0) is 0 Å². The van der Waals surface area contributed by atoms with Crippen LogP contribution in [0.5, 0.6) is 0 Å². The van der Waals surface area contributed by atoms with Crippen molar-refractivity contribution in [2.75, 3.05) is 6.54 Å². The van der Waals surface area contributed by atoms with Crippen LogP contribution in [0.1, 0.15) is 24.1 Å². The Balaban J connectivity index is 2.58. The third-order valence-corrected chi connectivity index (χ3v) is 4.46. The van der Waals surface area contributed by atoms with E-state index in [0.29, 0.717) is 21.1 Å². The monoisotopic (exact) mass is 393 g/mol. The molecule has 0 amide bonds. The van der Waals surface area contributed by atoms with Crippen LogP contribution in [0.15, 0.2) is 34.8 Å². The van der Waals surface area contributed by atoms with Gasteiger partial charge in [-0.25, -0.2) is 8.78 Å². The minimum atomic E-state index is -0.667. The first-order valence-electron chi connectivity index (χ1n) is 6.26. The Labute approximate surface area is 140 Å². The van der Waals surface area contributed by atoms with Crippen molar-refractivity contribution in [3.63, 3.8) is 0 Å². The Morgan fingerprint density at radius 3 is 2.43 bits per heavy atom. The van der Waals surface area contributed by atoms with E-state index in [0.717, 1.165) is 0 Å². The zero-order chi connectivity index (χ0) is 15.6. The molecule has 0 aromatic heterocycles. The van der Waals surface area contributed by atoms with Crippen molar-refractivity contribution >= 4 is 39.1 Å². The Hall–Kier alpha value is -0.680. The quantitative estimate of drug-likeness (QED) is 0.652. The maximum atomic E-state index is 14.2. The van der Waals surface area contributed by atoms with Gasteiger partial charge in [0.05, 0.1) is 11.1 Å². The Morgan fingerprint density at radius 1 is 1.10 bits per heavy atom. The summed E-state index contributed by atoms with van der Waals surface area (Å²) in [5.74, 6) is -0.930. The van der Waals surface area contributed by atoms with Crippen LogP contribution >= 0.6 is 39.1 Å². The second kappa shape index (κ2) is 7.05. The summed E-state index contributed by atoms with van der Waals surface area (Å²) in [6.45, 7) is 2.39. The van der Waals surface area contributed by atoms with Gasteiger partial charge in [-0.2, -0.15) is 0 Å². The molecule has 0 aliphatic heterocycles. The molecule has 0 bridgehead atoms. The van der Waals surface area contributed by atoms with E-state index < -0.39 is 17.7 Å². The second-order valence-corrected chi connectivity index (χ2v) is 6.14. The van der Waals surface area contributed by atoms with E-state index in [1.807, 2.05) is 6.92 Å². The van der Waals surface area contributed by atoms with Gasteiger partial charge >= 0.3 is 0 Å². The maximum Gasteiger partial charge on any atom is 0.129 e. The molecule has 0 fully saturated rings. The lowest BCUT2D eigenvalue weighted by atomic mass is 9.97. The summed E-state index contributed by atoms with van der Waals surface area (Å²) in [5, 5.41) is 3.80. The third-order valence-electron chi connectivity index (χ3n) is 3.03. The summed E-state index contributed by atoms with van der Waals surface area (Å²) >= 11 is 15.1. The second-order valence-electron chi connectivity index (χ2n) is 4.44. The van der Waals surface area contributed by atoms with Crippen LogP contribution in [-0.4, -0.2) is 6.54 Å². The van der Waals surface area contributed by atoms with Crippen molar-refractivity contribution < 1.29 is 8.78 Å². The lowest BCUT2D eigenvalue weighted by Crippen LogP contribution is -2.24. The van der Waals surface area contributed by atoms with Gasteiger partial charge in [-0.3, -0.25) is 0 Å². The van der Waals surface area contributed by atoms with Gasteiger partial charge in [0.1, 0.15) is 11.6 Å². The van der Waals surface area contributed by atoms with Crippen molar-refractivity contribution in [3.05, 3.63) is 67.6 Å². The number of halogens is 5. The molecule has 0 saturated carbocycles. The number of hydrogen-bond donors (Lipinski definition) is 1. The highest BCUT2D eigenvalue weighted by molar-refractivity contribution is 9.10. The molecule has 0 aliphatic rings. The number of hydrogen-bond acceptors (Lipinski definition) is 1. The minimum absolute atomic E-state index is 0.270. The molecule has 6 heteroatoms. The van der Waals surface area contributed by atoms with Gasteiger partial charge in [-0.15, -0.1) is 0 Å². The van der Waals surface area contributed by atoms with Gasteiger partial charge in [0, 0.05) is 20.6 Å². The van der Waals surface area contributed by atoms with Gasteiger partial charge in [0.2, 0.25) is 0 Å². The van der Waals surface area contributed by atoms with Crippen LogP contribution in [0.25, 0.3) is 0 Å². The van der Waals surface area contributed by atoms with Crippen LogP contribution < -0.4 is 5.32 Å². The Bertz CT molecular complexity index is 664. The average molecular weight is 395 g/mol. The summed E-state index contributed by atoms with van der Waals surface area (Å²) in [4.78, 5) is 0. The molecule has 2 rings (SSSR count). The van der Waals surface area contributed by atoms with Crippen LogP contribution in [0.2, 0.25) is 10.0 Å². The van der Waals surface area contributed by atoms with Gasteiger partial charge in [0.25, 0.3) is 0 Å². The topological polar surface area (TPSA) is 12.0 Å². The lowest BCUT2D eigenvalue weighted by molar-refractivity contribution is 0.530. The standard InChI is InChI=1S/C15H12BrCl2F2N/c1-2-21-15(9-5-8(17)3-4-13(9)19)10-6-12(18)11(16)7-14(10)20/h3-7,15,21H,2H2,1H3. The SMILES string of the molecule is CCNC(c1cc(Cl)ccc1F)c1cc(Cl)c(Br)cc1F. The highest BCUT2D eigenvalue weighted by Crippen LogP contribution is 2.33. The Kier molecular flexibility index (Phi) is 5.60. The predicted molar refractivity (Wildman–Crippen MR) is 86.0 cm³/mol. The molecule has 0 aliphatic carbocycles. The normalized spacial score (nSPS) is 12.5. The minimum Gasteiger partial charge on any atom is -0.306 e. The Morgan fingerprint density at radius 2 is 1.76 bits per heavy atom. The van der Waals surface area contributed by atoms with Gasteiger partial charge in [-0.05, 0) is 52.8 Å². The van der Waals surface area contributed by atoms with Crippen molar-refractivity contribution in [2.45, 2.75) is 13.0 Å². The van der Waals surface area contributed by atoms with Crippen molar-refractivity contribution in [3.8, 4) is 0 Å². The first kappa shape index (κ1) is 16.7. The molecule has 0 radical (unpaired) electrons. The van der Waals surface area contributed by atoms with Gasteiger partial charge in [-0.1, -0.05) is 30.1 Å². The highest BCUT2D eigenvalue weighted by atomic mass is 79.9. The fourth-order valence-electron chi connectivity index (χ4n) is 2.09. The van der Waals surface area contributed by atoms with E-state index in [9.17, 15) is 8.78 Å². The summed E-state index contributed by atoms with van der Waals surface area (Å²) in [5.41, 5.74) is 0.549. The van der Waals surface area contributed by atoms with Crippen LogP contribution in [0.3, 0.4) is 0 Å². The van der Waals surface area contributed by atoms with Crippen LogP contribution in [0, 0.1) is 11.6 Å². The van der Waals surface area contributed by atoms with Gasteiger partial charge in [0.15, 0.2) is 0 Å². The zero-order valence-electron chi connectivity index (χ0n) is 11.1. The lowest BCUT2D eigenvalue weighted by Gasteiger charge is -2.21. The number of nitrogens with one attached hydrogen (secondary N) is 1. The molecule has 1 atom stereocenters. The van der Waals surface area contributed by atoms with E-state index in [4.69, 9.17) is 23.2 Å². The fraction of sp³-hybridized carbons (Fsp3) is 0.200. The van der Waals surface area contributed by atoms with Crippen molar-refractivity contribution in [1.29, 1.82) is 0 Å². The highest BCUT2D eigenvalue weighted by Gasteiger charge is 2.22. The maximum absolute atomic E-state index is 14.2. The van der Waals surface area contributed by atoms with E-state index >= 15 is 0 Å². The number of rotatable bonds is 4. The molecule has 112 valence electrons. The molecule has 0 heterocycles. The van der Waals surface area contributed by atoms with E-state index in [1.165, 1.54) is 30.3 Å². The fourth-order valence-corrected chi connectivity index (χ4v) is 2.75. The number of benzene rings is 2. The van der Waals surface area contributed by atoms with Crippen molar-refractivity contribution in [2.24, 2.45) is 0 Å². The molecule has 2 aromatic rings. The van der Waals surface area contributed by atoms with Crippen LogP contribution in [0.4, 0.5) is 8.78 Å². The van der Waals surface area contributed by atoms with E-state index in [-0.39, 0.29) is 11.1 Å². The summed E-state index contributed by atoms with van der Waals surface area (Å²) in [6.07, 6.45) is 0. The first-order valence-corrected chi connectivity index (χ1v) is 7.81. The molecule has 1 nitrogen and oxygen atoms in total. The first-order chi connectivity index (χ1) is 9.93. The molecule has 2 aromatic carbocycles. The molecular formula is C15H12BrCl2F2N. The summed E-state index contributed by atoms with van der Waals surface area (Å²) in [7, 11) is 0. The molecule has 21 heavy (non-hydrogen) atoms. The molecule has 1 N–H and O–H groups in total. The molecule has 1 unspecified atom stereocenters. The predicted octanol–water partition coefficient (Wildman–Crippen LogP) is 5.73. The zero-order valence-corrected chi connectivity index (χ0v) is 14.2. The molecule has 0 saturated heterocycles. The largest absolute Gasteiger partial charge is 0.306 e. The molecular weight excluding hydrogens is 383 g/mol. The smallest absolute Gasteiger partial charge is 0.129 e. The van der Waals surface area contributed by atoms with Gasteiger partial charge < -0.3 is 5.32 Å².